The first-order valence-electron chi connectivity index (χ1n) is 4.35. The number of carbonyl (C=O) groups excluding carboxylic acids is 4. The van der Waals surface area contributed by atoms with Gasteiger partial charge in [-0.25, -0.2) is 0 Å². The summed E-state index contributed by atoms with van der Waals surface area (Å²) in [5.41, 5.74) is 0. The Labute approximate surface area is 90.3 Å². The van der Waals surface area contributed by atoms with Crippen LogP contribution < -0.4 is 10.6 Å². The summed E-state index contributed by atoms with van der Waals surface area (Å²) in [6.45, 7) is 2.19. The number of carbonyl (C=O) groups is 4. The van der Waals surface area contributed by atoms with Crippen molar-refractivity contribution in [3.63, 3.8) is 0 Å². The molecular formula is C8H10N2O6. The Morgan fingerprint density at radius 1 is 0.938 bits per heavy atom. The third-order valence-electron chi connectivity index (χ3n) is 1.59. The van der Waals surface area contributed by atoms with Crippen LogP contribution in [0.1, 0.15) is 13.8 Å². The first kappa shape index (κ1) is 12.0. The Hall–Kier alpha value is -2.12. The zero-order valence-corrected chi connectivity index (χ0v) is 8.60. The van der Waals surface area contributed by atoms with Gasteiger partial charge in [-0.15, -0.1) is 0 Å². The fourth-order valence-electron chi connectivity index (χ4n) is 1.04. The van der Waals surface area contributed by atoms with Gasteiger partial charge in [0.15, 0.2) is 0 Å². The molecule has 1 heterocycles. The molecule has 0 spiro atoms. The highest BCUT2D eigenvalue weighted by molar-refractivity contribution is 5.96. The second kappa shape index (κ2) is 4.60. The van der Waals surface area contributed by atoms with E-state index in [9.17, 15) is 19.2 Å². The largest absolute Gasteiger partial charge is 0.432 e. The molecule has 8 heteroatoms. The summed E-state index contributed by atoms with van der Waals surface area (Å²) in [7, 11) is 0. The Bertz CT molecular complexity index is 318. The standard InChI is InChI=1S/C8H10N2O6/c1-3(11)15-7-5(13)10-8(6(14)9-7)16-4(2)12/h7-8H,1-2H3,(H,9,14)(H,10,13)/t7-,8-/m0/s1. The number of hydrogen-bond acceptors (Lipinski definition) is 6. The quantitative estimate of drug-likeness (QED) is 0.531. The van der Waals surface area contributed by atoms with Crippen molar-refractivity contribution in [1.29, 1.82) is 0 Å². The zero-order chi connectivity index (χ0) is 12.3. The maximum absolute atomic E-state index is 11.3. The van der Waals surface area contributed by atoms with Crippen LogP contribution in [0.3, 0.4) is 0 Å². The molecule has 0 aromatic heterocycles. The number of ether oxygens (including phenoxy) is 2. The lowest BCUT2D eigenvalue weighted by Crippen LogP contribution is -2.63. The van der Waals surface area contributed by atoms with E-state index in [0.29, 0.717) is 0 Å². The molecule has 0 saturated carbocycles. The van der Waals surface area contributed by atoms with Crippen molar-refractivity contribution >= 4 is 23.8 Å². The molecule has 2 atom stereocenters. The van der Waals surface area contributed by atoms with Crippen molar-refractivity contribution in [2.75, 3.05) is 0 Å². The van der Waals surface area contributed by atoms with Crippen LogP contribution in [-0.2, 0) is 28.7 Å². The number of rotatable bonds is 2. The zero-order valence-electron chi connectivity index (χ0n) is 8.60. The van der Waals surface area contributed by atoms with Crippen LogP contribution in [0, 0.1) is 0 Å². The van der Waals surface area contributed by atoms with Crippen molar-refractivity contribution < 1.29 is 28.7 Å². The average Bonchev–Trinajstić information content (AvgIpc) is 2.11. The van der Waals surface area contributed by atoms with Gasteiger partial charge in [0, 0.05) is 13.8 Å². The van der Waals surface area contributed by atoms with Gasteiger partial charge in [0.25, 0.3) is 24.3 Å². The van der Waals surface area contributed by atoms with Gasteiger partial charge in [0.2, 0.25) is 0 Å². The van der Waals surface area contributed by atoms with E-state index in [1.807, 2.05) is 0 Å². The summed E-state index contributed by atoms with van der Waals surface area (Å²) >= 11 is 0. The summed E-state index contributed by atoms with van der Waals surface area (Å²) < 4.78 is 9.01. The average molecular weight is 230 g/mol. The molecule has 0 bridgehead atoms. The van der Waals surface area contributed by atoms with E-state index >= 15 is 0 Å². The molecule has 16 heavy (non-hydrogen) atoms. The highest BCUT2D eigenvalue weighted by atomic mass is 16.6. The van der Waals surface area contributed by atoms with E-state index in [1.165, 1.54) is 0 Å². The molecule has 1 saturated heterocycles. The molecule has 0 aromatic carbocycles. The van der Waals surface area contributed by atoms with Gasteiger partial charge in [-0.2, -0.15) is 0 Å². The number of amides is 2. The predicted molar refractivity (Wildman–Crippen MR) is 47.4 cm³/mol. The van der Waals surface area contributed by atoms with E-state index in [0.717, 1.165) is 13.8 Å². The topological polar surface area (TPSA) is 111 Å². The fraction of sp³-hybridized carbons (Fsp3) is 0.500. The first-order chi connectivity index (χ1) is 7.40. The Morgan fingerprint density at radius 3 is 1.50 bits per heavy atom. The molecular weight excluding hydrogens is 220 g/mol. The fourth-order valence-corrected chi connectivity index (χ4v) is 1.04. The van der Waals surface area contributed by atoms with Crippen LogP contribution in [-0.4, -0.2) is 36.2 Å². The summed E-state index contributed by atoms with van der Waals surface area (Å²) in [6, 6.07) is 0. The van der Waals surface area contributed by atoms with Crippen molar-refractivity contribution in [3.05, 3.63) is 0 Å². The second-order valence-corrected chi connectivity index (χ2v) is 3.00. The van der Waals surface area contributed by atoms with Gasteiger partial charge >= 0.3 is 11.9 Å². The summed E-state index contributed by atoms with van der Waals surface area (Å²) in [5, 5.41) is 4.16. The van der Waals surface area contributed by atoms with E-state index < -0.39 is 36.2 Å². The summed E-state index contributed by atoms with van der Waals surface area (Å²) in [6.07, 6.45) is -2.78. The van der Waals surface area contributed by atoms with E-state index in [4.69, 9.17) is 0 Å². The normalized spacial score (nSPS) is 24.1. The third-order valence-corrected chi connectivity index (χ3v) is 1.59. The van der Waals surface area contributed by atoms with Gasteiger partial charge in [0.05, 0.1) is 0 Å². The van der Waals surface area contributed by atoms with Crippen molar-refractivity contribution in [2.45, 2.75) is 26.3 Å². The van der Waals surface area contributed by atoms with Crippen LogP contribution >= 0.6 is 0 Å². The maximum atomic E-state index is 11.3. The minimum absolute atomic E-state index is 0.716. The predicted octanol–water partition coefficient (Wildman–Crippen LogP) is -1.99. The van der Waals surface area contributed by atoms with Crippen molar-refractivity contribution in [3.8, 4) is 0 Å². The van der Waals surface area contributed by atoms with Gasteiger partial charge in [-0.05, 0) is 0 Å². The molecule has 1 aliphatic heterocycles. The molecule has 0 radical (unpaired) electrons. The van der Waals surface area contributed by atoms with Crippen molar-refractivity contribution in [2.24, 2.45) is 0 Å². The summed E-state index contributed by atoms with van der Waals surface area (Å²) in [5.74, 6) is -2.96. The first-order valence-corrected chi connectivity index (χ1v) is 4.35. The van der Waals surface area contributed by atoms with Crippen LogP contribution in [0.4, 0.5) is 0 Å². The van der Waals surface area contributed by atoms with E-state index in [-0.39, 0.29) is 0 Å². The molecule has 2 amide bonds. The number of piperazine rings is 1. The molecule has 1 aliphatic rings. The Morgan fingerprint density at radius 2 is 1.25 bits per heavy atom. The lowest BCUT2D eigenvalue weighted by atomic mass is 10.3. The van der Waals surface area contributed by atoms with Crippen LogP contribution in [0.5, 0.6) is 0 Å². The minimum Gasteiger partial charge on any atom is -0.432 e. The highest BCUT2D eigenvalue weighted by Gasteiger charge is 2.37. The molecule has 0 aromatic rings. The minimum atomic E-state index is -1.39. The number of esters is 2. The number of hydrogen-bond donors (Lipinski definition) is 2. The summed E-state index contributed by atoms with van der Waals surface area (Å²) in [4.78, 5) is 43.7. The monoisotopic (exact) mass is 230 g/mol. The molecule has 1 rings (SSSR count). The van der Waals surface area contributed by atoms with Crippen molar-refractivity contribution in [1.82, 2.24) is 10.6 Å². The van der Waals surface area contributed by atoms with Gasteiger partial charge in [0.1, 0.15) is 0 Å². The molecule has 1 fully saturated rings. The Kier molecular flexibility index (Phi) is 3.44. The smallest absolute Gasteiger partial charge is 0.304 e. The van der Waals surface area contributed by atoms with Gasteiger partial charge in [-0.1, -0.05) is 0 Å². The lowest BCUT2D eigenvalue weighted by molar-refractivity contribution is -0.172. The Balaban J connectivity index is 2.63. The molecule has 88 valence electrons. The SMILES string of the molecule is CC(=O)O[C@@H]1NC(=O)[C@H](OC(C)=O)NC1=O. The highest BCUT2D eigenvalue weighted by Crippen LogP contribution is 2.01. The molecule has 2 N–H and O–H groups in total. The van der Waals surface area contributed by atoms with E-state index in [2.05, 4.69) is 20.1 Å². The third kappa shape index (κ3) is 2.94. The van der Waals surface area contributed by atoms with Crippen LogP contribution in [0.2, 0.25) is 0 Å². The molecule has 0 aliphatic carbocycles. The molecule has 0 unspecified atom stereocenters. The van der Waals surface area contributed by atoms with Gasteiger partial charge in [-0.3, -0.25) is 19.2 Å². The van der Waals surface area contributed by atoms with E-state index in [1.54, 1.807) is 0 Å². The molecule has 8 nitrogen and oxygen atoms in total. The maximum Gasteiger partial charge on any atom is 0.304 e. The number of nitrogens with one attached hydrogen (secondary N) is 2. The second-order valence-electron chi connectivity index (χ2n) is 3.00. The van der Waals surface area contributed by atoms with Crippen LogP contribution in [0.15, 0.2) is 0 Å². The van der Waals surface area contributed by atoms with Gasteiger partial charge < -0.3 is 20.1 Å². The van der Waals surface area contributed by atoms with Crippen LogP contribution in [0.25, 0.3) is 0 Å². The lowest BCUT2D eigenvalue weighted by Gasteiger charge is -2.27.